The smallest absolute Gasteiger partial charge is 0.252 e. The Morgan fingerprint density at radius 1 is 0.667 bits per heavy atom. The van der Waals surface area contributed by atoms with Gasteiger partial charge in [-0.05, 0) is 67.3 Å². The molecule has 2 aliphatic carbocycles. The molecular weight excluding hydrogens is 488 g/mol. The lowest BCUT2D eigenvalue weighted by atomic mass is 9.83. The van der Waals surface area contributed by atoms with Crippen molar-refractivity contribution in [2.75, 3.05) is 11.5 Å². The molecule has 0 amide bonds. The van der Waals surface area contributed by atoms with E-state index in [-0.39, 0.29) is 23.3 Å². The molecule has 0 saturated heterocycles. The van der Waals surface area contributed by atoms with E-state index in [4.69, 9.17) is 20.9 Å². The van der Waals surface area contributed by atoms with Crippen molar-refractivity contribution in [2.45, 2.75) is 95.2 Å². The number of phenols is 2. The molecule has 6 nitrogen and oxygen atoms in total. The van der Waals surface area contributed by atoms with Gasteiger partial charge in [-0.3, -0.25) is 0 Å². The number of hydrogen-bond donors (Lipinski definition) is 4. The minimum atomic E-state index is -1.14. The second kappa shape index (κ2) is 11.7. The molecule has 2 fully saturated rings. The van der Waals surface area contributed by atoms with Gasteiger partial charge in [0.25, 0.3) is 5.79 Å². The van der Waals surface area contributed by atoms with Gasteiger partial charge in [-0.2, -0.15) is 0 Å². The number of phenolic OH excluding ortho intramolecular Hbond substituents is 2. The Morgan fingerprint density at radius 3 is 1.54 bits per heavy atom. The van der Waals surface area contributed by atoms with Crippen LogP contribution in [0.1, 0.15) is 99.7 Å². The Kier molecular flexibility index (Phi) is 8.10. The van der Waals surface area contributed by atoms with Crippen LogP contribution < -0.4 is 20.9 Å². The van der Waals surface area contributed by atoms with Gasteiger partial charge in [0.15, 0.2) is 0 Å². The molecule has 6 heteroatoms. The molecule has 6 N–H and O–H groups in total. The molecular formula is C33H42N2O4. The van der Waals surface area contributed by atoms with Crippen molar-refractivity contribution in [3.05, 3.63) is 71.3 Å². The Bertz CT molecular complexity index is 1190. The summed E-state index contributed by atoms with van der Waals surface area (Å²) in [6.07, 6.45) is 11.3. The number of ether oxygens (including phenoxy) is 2. The standard InChI is InChI=1S/C33H42N2O4/c1-33(21-22-11-5-2-6-12-22,38-27-19-17-25(34)31(36)29(27)23-13-7-3-8-14-23)39-28-20-18-26(35)32(37)30(28)24-15-9-4-10-16-24/h2,5-6,11-12,17-20,23-24,36-37H,3-4,7-10,13-16,21,34-35H2,1H3. The lowest BCUT2D eigenvalue weighted by Gasteiger charge is -2.36. The first kappa shape index (κ1) is 27.0. The molecule has 2 saturated carbocycles. The number of nitrogen functional groups attached to an aromatic ring is 2. The van der Waals surface area contributed by atoms with Gasteiger partial charge < -0.3 is 31.2 Å². The normalized spacial score (nSPS) is 17.2. The molecule has 0 aromatic heterocycles. The summed E-state index contributed by atoms with van der Waals surface area (Å²) < 4.78 is 13.6. The second-order valence-corrected chi connectivity index (χ2v) is 11.5. The lowest BCUT2D eigenvalue weighted by Crippen LogP contribution is -2.42. The summed E-state index contributed by atoms with van der Waals surface area (Å²) in [5.41, 5.74) is 15.6. The van der Waals surface area contributed by atoms with Crippen molar-refractivity contribution >= 4 is 11.4 Å². The van der Waals surface area contributed by atoms with Crippen LogP contribution in [0.3, 0.4) is 0 Å². The lowest BCUT2D eigenvalue weighted by molar-refractivity contribution is -0.0982. The zero-order chi connectivity index (χ0) is 27.4. The molecule has 208 valence electrons. The zero-order valence-electron chi connectivity index (χ0n) is 23.0. The first-order valence-corrected chi connectivity index (χ1v) is 14.5. The highest BCUT2D eigenvalue weighted by atomic mass is 16.7. The van der Waals surface area contributed by atoms with E-state index in [1.54, 1.807) is 12.1 Å². The van der Waals surface area contributed by atoms with Crippen molar-refractivity contribution in [1.82, 2.24) is 0 Å². The van der Waals surface area contributed by atoms with E-state index in [2.05, 4.69) is 12.1 Å². The maximum absolute atomic E-state index is 11.1. The van der Waals surface area contributed by atoms with E-state index in [0.29, 0.717) is 29.3 Å². The summed E-state index contributed by atoms with van der Waals surface area (Å²) >= 11 is 0. The number of nitrogens with two attached hydrogens (primary N) is 2. The number of benzene rings is 3. The van der Waals surface area contributed by atoms with Crippen LogP contribution in [0.2, 0.25) is 0 Å². The summed E-state index contributed by atoms with van der Waals surface area (Å²) in [7, 11) is 0. The summed E-state index contributed by atoms with van der Waals surface area (Å²) in [5, 5.41) is 22.2. The quantitative estimate of drug-likeness (QED) is 0.134. The highest BCUT2D eigenvalue weighted by Gasteiger charge is 2.35. The maximum atomic E-state index is 11.1. The Hall–Kier alpha value is -3.54. The summed E-state index contributed by atoms with van der Waals surface area (Å²) in [5.74, 6) is 0.605. The van der Waals surface area contributed by atoms with Gasteiger partial charge in [-0.25, -0.2) is 0 Å². The minimum Gasteiger partial charge on any atom is -0.505 e. The van der Waals surface area contributed by atoms with E-state index in [1.165, 1.54) is 12.8 Å². The summed E-state index contributed by atoms with van der Waals surface area (Å²) in [4.78, 5) is 0. The van der Waals surface area contributed by atoms with E-state index in [9.17, 15) is 10.2 Å². The largest absolute Gasteiger partial charge is 0.505 e. The molecule has 39 heavy (non-hydrogen) atoms. The van der Waals surface area contributed by atoms with E-state index in [0.717, 1.165) is 68.1 Å². The number of aromatic hydroxyl groups is 2. The molecule has 3 aromatic rings. The van der Waals surface area contributed by atoms with Crippen LogP contribution in [0.4, 0.5) is 11.4 Å². The molecule has 0 heterocycles. The van der Waals surface area contributed by atoms with E-state index in [1.807, 2.05) is 37.3 Å². The highest BCUT2D eigenvalue weighted by molar-refractivity contribution is 5.63. The first-order valence-electron chi connectivity index (χ1n) is 14.5. The van der Waals surface area contributed by atoms with Crippen molar-refractivity contribution in [3.63, 3.8) is 0 Å². The summed E-state index contributed by atoms with van der Waals surface area (Å²) in [6, 6.07) is 17.2. The van der Waals surface area contributed by atoms with Gasteiger partial charge in [0.05, 0.1) is 11.4 Å². The van der Waals surface area contributed by atoms with Crippen molar-refractivity contribution in [3.8, 4) is 23.0 Å². The number of anilines is 2. The van der Waals surface area contributed by atoms with Gasteiger partial charge in [-0.15, -0.1) is 0 Å². The fraction of sp³-hybridized carbons (Fsp3) is 0.455. The molecule has 0 spiro atoms. The van der Waals surface area contributed by atoms with Crippen molar-refractivity contribution < 1.29 is 19.7 Å². The third-order valence-electron chi connectivity index (χ3n) is 8.46. The fourth-order valence-electron chi connectivity index (χ4n) is 6.49. The molecule has 0 radical (unpaired) electrons. The van der Waals surface area contributed by atoms with Gasteiger partial charge >= 0.3 is 0 Å². The number of hydrogen-bond acceptors (Lipinski definition) is 6. The fourth-order valence-corrected chi connectivity index (χ4v) is 6.49. The average Bonchev–Trinajstić information content (AvgIpc) is 2.94. The van der Waals surface area contributed by atoms with Crippen LogP contribution in [-0.4, -0.2) is 16.0 Å². The van der Waals surface area contributed by atoms with Gasteiger partial charge in [0.2, 0.25) is 0 Å². The predicted octanol–water partition coefficient (Wildman–Crippen LogP) is 7.77. The van der Waals surface area contributed by atoms with E-state index < -0.39 is 5.79 Å². The molecule has 5 rings (SSSR count). The predicted molar refractivity (Wildman–Crippen MR) is 156 cm³/mol. The SMILES string of the molecule is CC(Cc1ccccc1)(Oc1ccc(N)c(O)c1C1CCCCC1)Oc1ccc(N)c(O)c1C1CCCCC1. The third-order valence-corrected chi connectivity index (χ3v) is 8.46. The average molecular weight is 531 g/mol. The zero-order valence-corrected chi connectivity index (χ0v) is 23.0. The second-order valence-electron chi connectivity index (χ2n) is 11.5. The Labute approximate surface area is 232 Å². The van der Waals surface area contributed by atoms with Crippen LogP contribution in [0.25, 0.3) is 0 Å². The summed E-state index contributed by atoms with van der Waals surface area (Å²) in [6.45, 7) is 1.93. The Morgan fingerprint density at radius 2 is 1.10 bits per heavy atom. The molecule has 0 aliphatic heterocycles. The van der Waals surface area contributed by atoms with Crippen molar-refractivity contribution in [1.29, 1.82) is 0 Å². The van der Waals surface area contributed by atoms with Gasteiger partial charge in [0.1, 0.15) is 23.0 Å². The molecule has 2 aliphatic rings. The topological polar surface area (TPSA) is 111 Å². The van der Waals surface area contributed by atoms with Crippen molar-refractivity contribution in [2.24, 2.45) is 0 Å². The monoisotopic (exact) mass is 530 g/mol. The molecule has 0 atom stereocenters. The van der Waals surface area contributed by atoms with Gasteiger partial charge in [-0.1, -0.05) is 68.9 Å². The van der Waals surface area contributed by atoms with Crippen LogP contribution in [0, 0.1) is 0 Å². The van der Waals surface area contributed by atoms with E-state index >= 15 is 0 Å². The highest BCUT2D eigenvalue weighted by Crippen LogP contribution is 2.48. The van der Waals surface area contributed by atoms with Gasteiger partial charge in [0, 0.05) is 24.5 Å². The third kappa shape index (κ3) is 6.05. The Balaban J connectivity index is 1.56. The van der Waals surface area contributed by atoms with Crippen LogP contribution in [0.15, 0.2) is 54.6 Å². The van der Waals surface area contributed by atoms with Crippen LogP contribution in [-0.2, 0) is 6.42 Å². The minimum absolute atomic E-state index is 0.106. The molecule has 0 unspecified atom stereocenters. The first-order chi connectivity index (χ1) is 18.8. The maximum Gasteiger partial charge on any atom is 0.252 e. The number of rotatable bonds is 8. The van der Waals surface area contributed by atoms with Crippen LogP contribution in [0.5, 0.6) is 23.0 Å². The molecule has 0 bridgehead atoms. The molecule has 3 aromatic carbocycles. The van der Waals surface area contributed by atoms with Crippen LogP contribution >= 0.6 is 0 Å².